The van der Waals surface area contributed by atoms with Gasteiger partial charge in [0.15, 0.2) is 12.2 Å². The van der Waals surface area contributed by atoms with E-state index in [2.05, 4.69) is 55.4 Å². The van der Waals surface area contributed by atoms with Gasteiger partial charge in [-0.2, -0.15) is 0 Å². The Morgan fingerprint density at radius 2 is 0.353 bits per heavy atom. The van der Waals surface area contributed by atoms with Crippen LogP contribution in [0.5, 0.6) is 0 Å². The highest BCUT2D eigenvalue weighted by molar-refractivity contribution is 5.91. The molecule has 0 aromatic heterocycles. The second-order valence-electron chi connectivity index (χ2n) is 29.9. The van der Waals surface area contributed by atoms with Gasteiger partial charge in [0.05, 0.1) is 0 Å². The van der Waals surface area contributed by atoms with Gasteiger partial charge in [0, 0.05) is 0 Å². The number of aliphatic hydroxyl groups is 4. The summed E-state index contributed by atoms with van der Waals surface area (Å²) in [5.74, 6) is 0.814. The molecule has 0 fully saturated rings. The smallest absolute Gasteiger partial charge is 0.345 e. The number of esters is 2. The highest BCUT2D eigenvalue weighted by Gasteiger charge is 2.45. The summed E-state index contributed by atoms with van der Waals surface area (Å²) in [7, 11) is 0. The Morgan fingerprint density at radius 1 is 0.235 bits per heavy atom. The van der Waals surface area contributed by atoms with E-state index in [1.807, 2.05) is 0 Å². The second kappa shape index (κ2) is 60.5. The quantitative estimate of drug-likeness (QED) is 0.0272. The van der Waals surface area contributed by atoms with Crippen molar-refractivity contribution < 1.29 is 34.8 Å². The number of rotatable bonds is 68. The molecule has 7 heteroatoms. The van der Waals surface area contributed by atoms with E-state index >= 15 is 0 Å². The van der Waals surface area contributed by atoms with Crippen LogP contribution in [0.2, 0.25) is 0 Å². The summed E-state index contributed by atoms with van der Waals surface area (Å²) in [4.78, 5) is 27.5. The van der Waals surface area contributed by atoms with Gasteiger partial charge in [0.25, 0.3) is 0 Å². The SMILES string of the molecule is CC(C)CCCCCCCCCCCCCCCC(O)(CCCCCCCCCCCCCCCC(C)C)C(O)C(=O)OC(=O)C(O)C(O)(CCCCCCCCCCCCCCCC(C)C)CCCCCCCCCCCCCCCC(C)C. The molecule has 0 aliphatic rings. The van der Waals surface area contributed by atoms with Crippen molar-refractivity contribution in [3.63, 3.8) is 0 Å². The zero-order valence-corrected chi connectivity index (χ0v) is 58.9. The third kappa shape index (κ3) is 55.5. The zero-order chi connectivity index (χ0) is 62.8. The Balaban J connectivity index is 5.39. The third-order valence-electron chi connectivity index (χ3n) is 19.2. The van der Waals surface area contributed by atoms with Gasteiger partial charge in [-0.25, -0.2) is 9.59 Å². The predicted molar refractivity (Wildman–Crippen MR) is 369 cm³/mol. The van der Waals surface area contributed by atoms with Crippen LogP contribution in [0, 0.1) is 23.7 Å². The van der Waals surface area contributed by atoms with E-state index in [-0.39, 0.29) is 25.7 Å². The minimum atomic E-state index is -1.92. The van der Waals surface area contributed by atoms with E-state index in [0.29, 0.717) is 25.7 Å². The van der Waals surface area contributed by atoms with Gasteiger partial charge in [-0.05, 0) is 49.4 Å². The molecular formula is C78H154O7. The summed E-state index contributed by atoms with van der Waals surface area (Å²) in [5.41, 5.74) is -3.47. The molecule has 0 saturated heterocycles. The number of carbonyl (C=O) groups excluding carboxylic acids is 2. The van der Waals surface area contributed by atoms with Crippen molar-refractivity contribution in [3.8, 4) is 0 Å². The van der Waals surface area contributed by atoms with Gasteiger partial charge in [0.2, 0.25) is 0 Å². The molecule has 2 atom stereocenters. The maximum atomic E-state index is 13.8. The molecule has 0 saturated carbocycles. The van der Waals surface area contributed by atoms with Crippen LogP contribution in [0.1, 0.15) is 441 Å². The maximum absolute atomic E-state index is 13.8. The van der Waals surface area contributed by atoms with Gasteiger partial charge in [-0.3, -0.25) is 0 Å². The number of unbranched alkanes of at least 4 members (excludes halogenated alkanes) is 48. The van der Waals surface area contributed by atoms with Gasteiger partial charge < -0.3 is 25.2 Å². The average Bonchev–Trinajstić information content (AvgIpc) is 3.10. The van der Waals surface area contributed by atoms with Crippen LogP contribution in [0.15, 0.2) is 0 Å². The fraction of sp³-hybridized carbons (Fsp3) is 0.974. The Morgan fingerprint density at radius 3 is 0.482 bits per heavy atom. The summed E-state index contributed by atoms with van der Waals surface area (Å²) in [6.07, 6.45) is 65.1. The van der Waals surface area contributed by atoms with Crippen molar-refractivity contribution >= 4 is 11.9 Å². The predicted octanol–water partition coefficient (Wildman–Crippen LogP) is 24.3. The zero-order valence-electron chi connectivity index (χ0n) is 58.9. The molecule has 0 rings (SSSR count). The van der Waals surface area contributed by atoms with Crippen molar-refractivity contribution in [3.05, 3.63) is 0 Å². The lowest BCUT2D eigenvalue weighted by Crippen LogP contribution is -2.52. The standard InChI is InChI=1S/C78H154O7/c1-69(2)61-53-45-37-29-21-13-9-17-25-33-41-49-57-65-77(83,66-58-50-42-34-26-18-10-14-22-30-38-46-54-62-70(3)4)73(79)75(81)85-76(82)74(80)78(84,67-59-51-43-35-27-19-11-15-23-31-39-47-55-63-71(5)6)68-60-52-44-36-28-20-12-16-24-32-40-48-56-64-72(7)8/h69-74,79-80,83-84H,9-68H2,1-8H3. The minimum absolute atomic E-state index is 0.246. The van der Waals surface area contributed by atoms with Crippen LogP contribution in [-0.2, 0) is 14.3 Å². The fourth-order valence-corrected chi connectivity index (χ4v) is 13.2. The fourth-order valence-electron chi connectivity index (χ4n) is 13.2. The second-order valence-corrected chi connectivity index (χ2v) is 29.9. The molecule has 0 aliphatic heterocycles. The molecule has 2 unspecified atom stereocenters. The van der Waals surface area contributed by atoms with E-state index in [9.17, 15) is 30.0 Å². The first-order chi connectivity index (χ1) is 41.0. The normalized spacial score (nSPS) is 13.1. The van der Waals surface area contributed by atoms with Gasteiger partial charge in [0.1, 0.15) is 11.2 Å². The molecule has 0 aromatic rings. The molecule has 4 N–H and O–H groups in total. The highest BCUT2D eigenvalue weighted by Crippen LogP contribution is 2.31. The van der Waals surface area contributed by atoms with Gasteiger partial charge in [-0.1, -0.05) is 415 Å². The largest absolute Gasteiger partial charge is 0.389 e. The average molecular weight is 1200 g/mol. The van der Waals surface area contributed by atoms with Crippen molar-refractivity contribution in [2.75, 3.05) is 0 Å². The topological polar surface area (TPSA) is 124 Å². The summed E-state index contributed by atoms with van der Waals surface area (Å²) >= 11 is 0. The first kappa shape index (κ1) is 84.0. The number of carbonyl (C=O) groups is 2. The highest BCUT2D eigenvalue weighted by atomic mass is 16.6. The van der Waals surface area contributed by atoms with Gasteiger partial charge in [-0.15, -0.1) is 0 Å². The lowest BCUT2D eigenvalue weighted by molar-refractivity contribution is -0.190. The van der Waals surface area contributed by atoms with Crippen molar-refractivity contribution in [2.45, 2.75) is 464 Å². The number of hydrogen-bond donors (Lipinski definition) is 4. The number of ether oxygens (including phenoxy) is 1. The van der Waals surface area contributed by atoms with Gasteiger partial charge >= 0.3 is 11.9 Å². The van der Waals surface area contributed by atoms with E-state index < -0.39 is 35.3 Å². The molecule has 0 amide bonds. The molecule has 0 aliphatic carbocycles. The van der Waals surface area contributed by atoms with Crippen molar-refractivity contribution in [2.24, 2.45) is 23.7 Å². The maximum Gasteiger partial charge on any atom is 0.345 e. The number of aliphatic hydroxyl groups excluding tert-OH is 2. The van der Waals surface area contributed by atoms with E-state index in [1.165, 1.54) is 257 Å². The summed E-state index contributed by atoms with van der Waals surface area (Å²) < 4.78 is 5.30. The third-order valence-corrected chi connectivity index (χ3v) is 19.2. The van der Waals surface area contributed by atoms with Crippen LogP contribution in [-0.4, -0.2) is 55.8 Å². The van der Waals surface area contributed by atoms with Crippen molar-refractivity contribution in [1.29, 1.82) is 0 Å². The lowest BCUT2D eigenvalue weighted by Gasteiger charge is -2.34. The van der Waals surface area contributed by atoms with E-state index in [4.69, 9.17) is 4.74 Å². The molecule has 0 bridgehead atoms. The summed E-state index contributed by atoms with van der Waals surface area (Å²) in [6, 6.07) is 0. The lowest BCUT2D eigenvalue weighted by atomic mass is 9.84. The molecule has 508 valence electrons. The van der Waals surface area contributed by atoms with Crippen LogP contribution in [0.3, 0.4) is 0 Å². The van der Waals surface area contributed by atoms with E-state index in [1.54, 1.807) is 0 Å². The Bertz CT molecular complexity index is 1210. The molecular weight excluding hydrogens is 1050 g/mol. The summed E-state index contributed by atoms with van der Waals surface area (Å²) in [5, 5.41) is 47.5. The van der Waals surface area contributed by atoms with Crippen LogP contribution >= 0.6 is 0 Å². The van der Waals surface area contributed by atoms with E-state index in [0.717, 1.165) is 101 Å². The first-order valence-corrected chi connectivity index (χ1v) is 38.6. The molecule has 0 radical (unpaired) electrons. The number of hydrogen-bond acceptors (Lipinski definition) is 7. The molecule has 7 nitrogen and oxygen atoms in total. The Labute approximate surface area is 531 Å². The molecule has 0 aromatic carbocycles. The molecule has 85 heavy (non-hydrogen) atoms. The van der Waals surface area contributed by atoms with Crippen molar-refractivity contribution in [1.82, 2.24) is 0 Å². The van der Waals surface area contributed by atoms with Crippen LogP contribution < -0.4 is 0 Å². The minimum Gasteiger partial charge on any atom is -0.389 e. The molecule has 0 heterocycles. The Kier molecular flexibility index (Phi) is 59.8. The van der Waals surface area contributed by atoms with Crippen LogP contribution in [0.25, 0.3) is 0 Å². The Hall–Kier alpha value is -1.02. The monoisotopic (exact) mass is 1200 g/mol. The first-order valence-electron chi connectivity index (χ1n) is 38.6. The summed E-state index contributed by atoms with van der Waals surface area (Å²) in [6.45, 7) is 18.5. The van der Waals surface area contributed by atoms with Crippen LogP contribution in [0.4, 0.5) is 0 Å². The molecule has 0 spiro atoms.